The highest BCUT2D eigenvalue weighted by molar-refractivity contribution is 5.76. The third-order valence-corrected chi connectivity index (χ3v) is 2.76. The van der Waals surface area contributed by atoms with E-state index in [2.05, 4.69) is 17.7 Å². The SMILES string of the molecule is CCC=CC1C(C(=O)O)C1(C)C.COC. The van der Waals surface area contributed by atoms with Gasteiger partial charge in [0.1, 0.15) is 0 Å². The van der Waals surface area contributed by atoms with Gasteiger partial charge in [0, 0.05) is 14.2 Å². The second kappa shape index (κ2) is 5.91. The lowest BCUT2D eigenvalue weighted by atomic mass is 10.1. The highest BCUT2D eigenvalue weighted by Gasteiger charge is 2.60. The molecule has 0 spiro atoms. The normalized spacial score (nSPS) is 27.0. The first-order valence-corrected chi connectivity index (χ1v) is 5.23. The van der Waals surface area contributed by atoms with Crippen LogP contribution in [0, 0.1) is 17.3 Å². The molecule has 88 valence electrons. The summed E-state index contributed by atoms with van der Waals surface area (Å²) in [6.45, 7) is 6.08. The molecular formula is C12H22O3. The number of aliphatic carboxylic acids is 1. The smallest absolute Gasteiger partial charge is 0.307 e. The average molecular weight is 214 g/mol. The van der Waals surface area contributed by atoms with Crippen molar-refractivity contribution in [1.82, 2.24) is 0 Å². The summed E-state index contributed by atoms with van der Waals surface area (Å²) in [5, 5.41) is 8.82. The van der Waals surface area contributed by atoms with Crippen molar-refractivity contribution >= 4 is 5.97 Å². The summed E-state index contributed by atoms with van der Waals surface area (Å²) < 4.78 is 4.25. The van der Waals surface area contributed by atoms with Crippen LogP contribution in [0.3, 0.4) is 0 Å². The van der Waals surface area contributed by atoms with Crippen molar-refractivity contribution in [3.8, 4) is 0 Å². The monoisotopic (exact) mass is 214 g/mol. The first-order chi connectivity index (χ1) is 6.93. The van der Waals surface area contributed by atoms with E-state index < -0.39 is 5.97 Å². The van der Waals surface area contributed by atoms with Gasteiger partial charge < -0.3 is 9.84 Å². The van der Waals surface area contributed by atoms with E-state index in [-0.39, 0.29) is 17.3 Å². The Morgan fingerprint density at radius 3 is 2.20 bits per heavy atom. The van der Waals surface area contributed by atoms with Gasteiger partial charge in [-0.1, -0.05) is 32.9 Å². The van der Waals surface area contributed by atoms with Gasteiger partial charge in [-0.25, -0.2) is 0 Å². The first kappa shape index (κ1) is 14.2. The molecule has 0 heterocycles. The molecule has 0 aliphatic heterocycles. The quantitative estimate of drug-likeness (QED) is 0.734. The van der Waals surface area contributed by atoms with Crippen LogP contribution in [-0.2, 0) is 9.53 Å². The molecule has 1 N–H and O–H groups in total. The number of carboxylic acids is 1. The number of allylic oxidation sites excluding steroid dienone is 2. The zero-order chi connectivity index (χ0) is 12.1. The average Bonchev–Trinajstić information content (AvgIpc) is 2.66. The molecule has 2 unspecified atom stereocenters. The predicted octanol–water partition coefficient (Wildman–Crippen LogP) is 2.57. The van der Waals surface area contributed by atoms with Crippen molar-refractivity contribution in [2.45, 2.75) is 27.2 Å². The molecule has 0 aromatic carbocycles. The van der Waals surface area contributed by atoms with Gasteiger partial charge in [0.15, 0.2) is 0 Å². The minimum atomic E-state index is -0.661. The Morgan fingerprint density at radius 2 is 1.93 bits per heavy atom. The fourth-order valence-electron chi connectivity index (χ4n) is 1.79. The van der Waals surface area contributed by atoms with Gasteiger partial charge in [-0.05, 0) is 17.8 Å². The number of hydrogen-bond donors (Lipinski definition) is 1. The van der Waals surface area contributed by atoms with Gasteiger partial charge in [-0.2, -0.15) is 0 Å². The summed E-state index contributed by atoms with van der Waals surface area (Å²) in [7, 11) is 3.25. The molecular weight excluding hydrogens is 192 g/mol. The molecule has 0 saturated heterocycles. The zero-order valence-corrected chi connectivity index (χ0v) is 10.3. The standard InChI is InChI=1S/C10H16O2.C2H6O/c1-4-5-6-7-8(9(11)12)10(7,2)3;1-3-2/h5-8H,4H2,1-3H3,(H,11,12);1-2H3. The van der Waals surface area contributed by atoms with Crippen molar-refractivity contribution in [3.63, 3.8) is 0 Å². The summed E-state index contributed by atoms with van der Waals surface area (Å²) in [4.78, 5) is 10.7. The van der Waals surface area contributed by atoms with Gasteiger partial charge >= 0.3 is 5.97 Å². The Balaban J connectivity index is 0.000000583. The molecule has 0 aromatic rings. The van der Waals surface area contributed by atoms with Gasteiger partial charge in [0.2, 0.25) is 0 Å². The number of methoxy groups -OCH3 is 1. The van der Waals surface area contributed by atoms with E-state index in [9.17, 15) is 4.79 Å². The number of ether oxygens (including phenoxy) is 1. The summed E-state index contributed by atoms with van der Waals surface area (Å²) >= 11 is 0. The van der Waals surface area contributed by atoms with Crippen LogP contribution in [0.4, 0.5) is 0 Å². The third-order valence-electron chi connectivity index (χ3n) is 2.76. The lowest BCUT2D eigenvalue weighted by Crippen LogP contribution is -2.02. The van der Waals surface area contributed by atoms with Crippen molar-refractivity contribution in [2.24, 2.45) is 17.3 Å². The molecule has 1 aliphatic rings. The van der Waals surface area contributed by atoms with Crippen LogP contribution >= 0.6 is 0 Å². The largest absolute Gasteiger partial charge is 0.481 e. The molecule has 0 aromatic heterocycles. The Morgan fingerprint density at radius 1 is 1.47 bits per heavy atom. The molecule has 3 nitrogen and oxygen atoms in total. The fourth-order valence-corrected chi connectivity index (χ4v) is 1.79. The van der Waals surface area contributed by atoms with Gasteiger partial charge in [-0.15, -0.1) is 0 Å². The van der Waals surface area contributed by atoms with Crippen LogP contribution < -0.4 is 0 Å². The van der Waals surface area contributed by atoms with Crippen LogP contribution in [0.2, 0.25) is 0 Å². The van der Waals surface area contributed by atoms with E-state index in [0.717, 1.165) is 6.42 Å². The Labute approximate surface area is 92.1 Å². The molecule has 1 fully saturated rings. The molecule has 1 aliphatic carbocycles. The topological polar surface area (TPSA) is 46.5 Å². The lowest BCUT2D eigenvalue weighted by Gasteiger charge is -1.95. The second-order valence-electron chi connectivity index (χ2n) is 4.41. The zero-order valence-electron chi connectivity index (χ0n) is 10.3. The summed E-state index contributed by atoms with van der Waals surface area (Å²) in [6, 6.07) is 0. The molecule has 0 amide bonds. The van der Waals surface area contributed by atoms with E-state index in [0.29, 0.717) is 0 Å². The number of carbonyl (C=O) groups is 1. The maximum absolute atomic E-state index is 10.7. The Hall–Kier alpha value is -0.830. The molecule has 0 radical (unpaired) electrons. The van der Waals surface area contributed by atoms with Crippen molar-refractivity contribution in [2.75, 3.05) is 14.2 Å². The number of carboxylic acid groups (broad SMARTS) is 1. The highest BCUT2D eigenvalue weighted by Crippen LogP contribution is 2.59. The Kier molecular flexibility index (Phi) is 5.58. The van der Waals surface area contributed by atoms with Crippen molar-refractivity contribution in [3.05, 3.63) is 12.2 Å². The molecule has 0 bridgehead atoms. The highest BCUT2D eigenvalue weighted by atomic mass is 16.4. The maximum atomic E-state index is 10.7. The van der Waals surface area contributed by atoms with Crippen molar-refractivity contribution in [1.29, 1.82) is 0 Å². The molecule has 1 rings (SSSR count). The van der Waals surface area contributed by atoms with Crippen LogP contribution in [-0.4, -0.2) is 25.3 Å². The van der Waals surface area contributed by atoms with E-state index in [4.69, 9.17) is 5.11 Å². The first-order valence-electron chi connectivity index (χ1n) is 5.23. The van der Waals surface area contributed by atoms with Crippen molar-refractivity contribution < 1.29 is 14.6 Å². The minimum Gasteiger partial charge on any atom is -0.481 e. The summed E-state index contributed by atoms with van der Waals surface area (Å²) in [5.74, 6) is -0.582. The van der Waals surface area contributed by atoms with E-state index >= 15 is 0 Å². The van der Waals surface area contributed by atoms with Crippen LogP contribution in [0.5, 0.6) is 0 Å². The number of rotatable bonds is 3. The van der Waals surface area contributed by atoms with Crippen LogP contribution in [0.1, 0.15) is 27.2 Å². The second-order valence-corrected chi connectivity index (χ2v) is 4.41. The van der Waals surface area contributed by atoms with Gasteiger partial charge in [-0.3, -0.25) is 4.79 Å². The van der Waals surface area contributed by atoms with Gasteiger partial charge in [0.05, 0.1) is 5.92 Å². The van der Waals surface area contributed by atoms with Crippen LogP contribution in [0.15, 0.2) is 12.2 Å². The van der Waals surface area contributed by atoms with Crippen LogP contribution in [0.25, 0.3) is 0 Å². The van der Waals surface area contributed by atoms with E-state index in [1.165, 1.54) is 0 Å². The number of hydrogen-bond acceptors (Lipinski definition) is 2. The summed E-state index contributed by atoms with van der Waals surface area (Å²) in [5.41, 5.74) is -0.0303. The van der Waals surface area contributed by atoms with Gasteiger partial charge in [0.25, 0.3) is 0 Å². The minimum absolute atomic E-state index is 0.0303. The fraction of sp³-hybridized carbons (Fsp3) is 0.750. The van der Waals surface area contributed by atoms with E-state index in [1.54, 1.807) is 14.2 Å². The summed E-state index contributed by atoms with van der Waals surface area (Å²) in [6.07, 6.45) is 5.08. The molecule has 1 saturated carbocycles. The third kappa shape index (κ3) is 3.67. The van der Waals surface area contributed by atoms with E-state index in [1.807, 2.05) is 19.9 Å². The molecule has 2 atom stereocenters. The predicted molar refractivity (Wildman–Crippen MR) is 60.8 cm³/mol. The molecule has 3 heteroatoms. The molecule has 15 heavy (non-hydrogen) atoms. The maximum Gasteiger partial charge on any atom is 0.307 e. The lowest BCUT2D eigenvalue weighted by molar-refractivity contribution is -0.139. The Bertz CT molecular complexity index is 231.